The number of nitrogens with zero attached hydrogens (tertiary/aromatic N) is 4. The van der Waals surface area contributed by atoms with Crippen molar-refractivity contribution < 1.29 is 23.5 Å². The summed E-state index contributed by atoms with van der Waals surface area (Å²) in [6.45, 7) is 4.94. The average Bonchev–Trinajstić information content (AvgIpc) is 2.83. The monoisotopic (exact) mass is 452 g/mol. The number of ether oxygens (including phenoxy) is 2. The molecule has 0 N–H and O–H groups in total. The molecule has 1 saturated heterocycles. The van der Waals surface area contributed by atoms with Gasteiger partial charge in [0, 0.05) is 43.9 Å². The van der Waals surface area contributed by atoms with Crippen molar-refractivity contribution in [3.05, 3.63) is 58.7 Å². The van der Waals surface area contributed by atoms with Crippen LogP contribution in [0.15, 0.2) is 30.3 Å². The summed E-state index contributed by atoms with van der Waals surface area (Å²) in [5, 5.41) is 0. The maximum absolute atomic E-state index is 14.2. The van der Waals surface area contributed by atoms with Crippen LogP contribution in [0.4, 0.5) is 4.39 Å². The number of hydrogen-bond acceptors (Lipinski definition) is 6. The van der Waals surface area contributed by atoms with Gasteiger partial charge in [-0.05, 0) is 32.0 Å². The topological polar surface area (TPSA) is 84.9 Å². The Labute approximate surface area is 190 Å². The lowest BCUT2D eigenvalue weighted by Crippen LogP contribution is -2.50. The van der Waals surface area contributed by atoms with Crippen molar-refractivity contribution in [2.45, 2.75) is 13.8 Å². The molecule has 4 rings (SSSR count). The predicted octanol–water partition coefficient (Wildman–Crippen LogP) is 3.00. The molecule has 8 nitrogen and oxygen atoms in total. The summed E-state index contributed by atoms with van der Waals surface area (Å²) in [5.74, 6) is 0.0103. The Kier molecular flexibility index (Phi) is 6.13. The number of halogens is 1. The van der Waals surface area contributed by atoms with E-state index in [0.717, 1.165) is 0 Å². The number of rotatable bonds is 4. The maximum Gasteiger partial charge on any atom is 0.256 e. The molecule has 0 spiro atoms. The zero-order valence-electron chi connectivity index (χ0n) is 19.0. The van der Waals surface area contributed by atoms with E-state index in [9.17, 15) is 14.0 Å². The lowest BCUT2D eigenvalue weighted by Gasteiger charge is -2.35. The fraction of sp³-hybridized carbons (Fsp3) is 0.333. The van der Waals surface area contributed by atoms with Crippen LogP contribution in [0.25, 0.3) is 11.0 Å². The van der Waals surface area contributed by atoms with Gasteiger partial charge in [0.05, 0.1) is 36.7 Å². The zero-order valence-corrected chi connectivity index (χ0v) is 19.0. The minimum absolute atomic E-state index is 0.174. The molecule has 0 aliphatic carbocycles. The smallest absolute Gasteiger partial charge is 0.256 e. The van der Waals surface area contributed by atoms with Crippen LogP contribution in [0.1, 0.15) is 32.1 Å². The highest BCUT2D eigenvalue weighted by Crippen LogP contribution is 2.25. The van der Waals surface area contributed by atoms with Crippen molar-refractivity contribution in [2.75, 3.05) is 40.4 Å². The van der Waals surface area contributed by atoms with E-state index in [4.69, 9.17) is 9.47 Å². The fourth-order valence-electron chi connectivity index (χ4n) is 3.86. The number of aryl methyl sites for hydroxylation is 2. The molecule has 0 atom stereocenters. The van der Waals surface area contributed by atoms with Crippen molar-refractivity contribution in [2.24, 2.45) is 0 Å². The molecule has 1 aromatic heterocycles. The van der Waals surface area contributed by atoms with Gasteiger partial charge in [-0.15, -0.1) is 0 Å². The molecule has 1 aliphatic rings. The Balaban J connectivity index is 1.52. The normalized spacial score (nSPS) is 13.8. The van der Waals surface area contributed by atoms with E-state index < -0.39 is 5.82 Å². The highest BCUT2D eigenvalue weighted by Gasteiger charge is 2.28. The maximum atomic E-state index is 14.2. The van der Waals surface area contributed by atoms with Crippen LogP contribution in [-0.4, -0.2) is 72.0 Å². The Morgan fingerprint density at radius 1 is 0.818 bits per heavy atom. The number of carbonyl (C=O) groups is 2. The van der Waals surface area contributed by atoms with Gasteiger partial charge in [0.1, 0.15) is 22.8 Å². The van der Waals surface area contributed by atoms with Gasteiger partial charge in [0.15, 0.2) is 0 Å². The molecule has 33 heavy (non-hydrogen) atoms. The van der Waals surface area contributed by atoms with Crippen LogP contribution in [0.3, 0.4) is 0 Å². The van der Waals surface area contributed by atoms with E-state index in [1.807, 2.05) is 0 Å². The number of aromatic nitrogens is 2. The van der Waals surface area contributed by atoms with Gasteiger partial charge in [-0.2, -0.15) is 0 Å². The van der Waals surface area contributed by atoms with Crippen LogP contribution in [0.5, 0.6) is 11.5 Å². The van der Waals surface area contributed by atoms with Crippen molar-refractivity contribution in [3.8, 4) is 11.5 Å². The van der Waals surface area contributed by atoms with Crippen molar-refractivity contribution in [3.63, 3.8) is 0 Å². The number of benzene rings is 2. The molecule has 1 aliphatic heterocycles. The summed E-state index contributed by atoms with van der Waals surface area (Å²) in [7, 11) is 3.05. The van der Waals surface area contributed by atoms with E-state index in [-0.39, 0.29) is 17.4 Å². The van der Waals surface area contributed by atoms with Gasteiger partial charge >= 0.3 is 0 Å². The first kappa shape index (κ1) is 22.4. The molecule has 172 valence electrons. The summed E-state index contributed by atoms with van der Waals surface area (Å²) < 4.78 is 24.7. The van der Waals surface area contributed by atoms with Gasteiger partial charge in [-0.1, -0.05) is 0 Å². The zero-order chi connectivity index (χ0) is 23.7. The molecule has 2 heterocycles. The number of amides is 2. The lowest BCUT2D eigenvalue weighted by atomic mass is 10.1. The van der Waals surface area contributed by atoms with Crippen LogP contribution >= 0.6 is 0 Å². The SMILES string of the molecule is COc1cc(OC)cc(C(=O)N2CCN(C(=O)c3cc(F)cc4nc(C)c(C)nc34)CC2)c1. The third-order valence-electron chi connectivity index (χ3n) is 5.83. The van der Waals surface area contributed by atoms with Crippen LogP contribution in [0.2, 0.25) is 0 Å². The molecule has 0 unspecified atom stereocenters. The molecular weight excluding hydrogens is 427 g/mol. The molecule has 0 radical (unpaired) electrons. The van der Waals surface area contributed by atoms with Crippen molar-refractivity contribution >= 4 is 22.8 Å². The van der Waals surface area contributed by atoms with E-state index in [1.165, 1.54) is 26.4 Å². The molecule has 0 bridgehead atoms. The molecule has 2 amide bonds. The third kappa shape index (κ3) is 4.44. The first-order valence-corrected chi connectivity index (χ1v) is 10.6. The minimum atomic E-state index is -0.538. The standard InChI is InChI=1S/C24H25FN4O4/c1-14-15(2)27-22-20(11-17(25)12-21(22)26-14)24(31)29-7-5-28(6-8-29)23(30)16-9-18(32-3)13-19(10-16)33-4/h9-13H,5-8H2,1-4H3. The Hall–Kier alpha value is -3.75. The van der Waals surface area contributed by atoms with Crippen LogP contribution in [-0.2, 0) is 0 Å². The first-order chi connectivity index (χ1) is 15.8. The average molecular weight is 452 g/mol. The largest absolute Gasteiger partial charge is 0.497 e. The summed E-state index contributed by atoms with van der Waals surface area (Å²) in [6.07, 6.45) is 0. The molecule has 3 aromatic rings. The van der Waals surface area contributed by atoms with Gasteiger partial charge in [-0.3, -0.25) is 9.59 Å². The van der Waals surface area contributed by atoms with E-state index in [0.29, 0.717) is 65.7 Å². The predicted molar refractivity (Wildman–Crippen MR) is 120 cm³/mol. The third-order valence-corrected chi connectivity index (χ3v) is 5.83. The molecule has 0 saturated carbocycles. The second-order valence-corrected chi connectivity index (χ2v) is 7.90. The summed E-state index contributed by atoms with van der Waals surface area (Å²) in [4.78, 5) is 38.4. The second-order valence-electron chi connectivity index (χ2n) is 7.90. The molecule has 1 fully saturated rings. The summed E-state index contributed by atoms with van der Waals surface area (Å²) >= 11 is 0. The fourth-order valence-corrected chi connectivity index (χ4v) is 3.86. The number of methoxy groups -OCH3 is 2. The Bertz CT molecular complexity index is 1220. The van der Waals surface area contributed by atoms with Gasteiger partial charge < -0.3 is 19.3 Å². The summed E-state index contributed by atoms with van der Waals surface area (Å²) in [5.41, 5.74) is 2.73. The number of hydrogen-bond donors (Lipinski definition) is 0. The Morgan fingerprint density at radius 2 is 1.36 bits per heavy atom. The Morgan fingerprint density at radius 3 is 1.94 bits per heavy atom. The number of fused-ring (bicyclic) bond motifs is 1. The van der Waals surface area contributed by atoms with E-state index >= 15 is 0 Å². The molecule has 2 aromatic carbocycles. The lowest BCUT2D eigenvalue weighted by molar-refractivity contribution is 0.0536. The van der Waals surface area contributed by atoms with Gasteiger partial charge in [0.2, 0.25) is 0 Å². The first-order valence-electron chi connectivity index (χ1n) is 10.6. The van der Waals surface area contributed by atoms with Crippen LogP contribution in [0, 0.1) is 19.7 Å². The number of piperazine rings is 1. The summed E-state index contributed by atoms with van der Waals surface area (Å²) in [6, 6.07) is 7.50. The molecule has 9 heteroatoms. The van der Waals surface area contributed by atoms with Gasteiger partial charge in [0.25, 0.3) is 11.8 Å². The highest BCUT2D eigenvalue weighted by molar-refractivity contribution is 6.05. The van der Waals surface area contributed by atoms with Crippen molar-refractivity contribution in [1.29, 1.82) is 0 Å². The number of carbonyl (C=O) groups excluding carboxylic acids is 2. The minimum Gasteiger partial charge on any atom is -0.497 e. The highest BCUT2D eigenvalue weighted by atomic mass is 19.1. The van der Waals surface area contributed by atoms with E-state index in [1.54, 1.807) is 41.8 Å². The quantitative estimate of drug-likeness (QED) is 0.605. The van der Waals surface area contributed by atoms with Crippen molar-refractivity contribution in [1.82, 2.24) is 19.8 Å². The van der Waals surface area contributed by atoms with Gasteiger partial charge in [-0.25, -0.2) is 14.4 Å². The van der Waals surface area contributed by atoms with E-state index in [2.05, 4.69) is 9.97 Å². The second kappa shape index (κ2) is 9.01. The van der Waals surface area contributed by atoms with Crippen LogP contribution < -0.4 is 9.47 Å². The molecular formula is C24H25FN4O4.